The summed E-state index contributed by atoms with van der Waals surface area (Å²) >= 11 is 0. The smallest absolute Gasteiger partial charge is 0.221 e. The van der Waals surface area contributed by atoms with E-state index in [2.05, 4.69) is 52.1 Å². The zero-order valence-corrected chi connectivity index (χ0v) is 17.8. The van der Waals surface area contributed by atoms with Crippen molar-refractivity contribution in [3.05, 3.63) is 65.2 Å². The largest absolute Gasteiger partial charge is 0.357 e. The molecule has 0 unspecified atom stereocenters. The van der Waals surface area contributed by atoms with E-state index >= 15 is 0 Å². The second-order valence-electron chi connectivity index (χ2n) is 5.92. The highest BCUT2D eigenvalue weighted by atomic mass is 127. The minimum absolute atomic E-state index is 0. The molecule has 2 aromatic rings. The van der Waals surface area contributed by atoms with Gasteiger partial charge >= 0.3 is 0 Å². The van der Waals surface area contributed by atoms with E-state index in [9.17, 15) is 4.79 Å². The number of carbonyl (C=O) groups is 1. The van der Waals surface area contributed by atoms with Crippen molar-refractivity contribution in [2.45, 2.75) is 33.9 Å². The summed E-state index contributed by atoms with van der Waals surface area (Å²) in [6, 6.07) is 16.2. The molecule has 0 heterocycles. The Hall–Kier alpha value is -2.09. The Bertz CT molecular complexity index is 729. The number of amides is 1. The fourth-order valence-corrected chi connectivity index (χ4v) is 2.35. The van der Waals surface area contributed by atoms with Crippen molar-refractivity contribution < 1.29 is 4.79 Å². The number of anilines is 1. The van der Waals surface area contributed by atoms with Crippen molar-refractivity contribution in [2.75, 3.05) is 11.9 Å². The third-order valence-corrected chi connectivity index (χ3v) is 3.59. The first kappa shape index (κ1) is 22.0. The van der Waals surface area contributed by atoms with Crippen molar-refractivity contribution in [2.24, 2.45) is 4.99 Å². The molecule has 2 aromatic carbocycles. The predicted molar refractivity (Wildman–Crippen MR) is 119 cm³/mol. The molecule has 5 nitrogen and oxygen atoms in total. The van der Waals surface area contributed by atoms with Gasteiger partial charge in [-0.25, -0.2) is 4.99 Å². The number of halogens is 1. The molecule has 0 saturated carbocycles. The van der Waals surface area contributed by atoms with Gasteiger partial charge in [0.05, 0.1) is 6.54 Å². The molecule has 140 valence electrons. The molecule has 1 amide bonds. The van der Waals surface area contributed by atoms with Crippen molar-refractivity contribution in [3.63, 3.8) is 0 Å². The molecule has 3 N–H and O–H groups in total. The van der Waals surface area contributed by atoms with E-state index in [1.54, 1.807) is 0 Å². The maximum atomic E-state index is 11.2. The van der Waals surface area contributed by atoms with Gasteiger partial charge in [-0.15, -0.1) is 24.0 Å². The Morgan fingerprint density at radius 2 is 1.77 bits per heavy atom. The minimum Gasteiger partial charge on any atom is -0.357 e. The van der Waals surface area contributed by atoms with Crippen LogP contribution >= 0.6 is 24.0 Å². The number of nitrogens with one attached hydrogen (secondary N) is 3. The summed E-state index contributed by atoms with van der Waals surface area (Å²) < 4.78 is 0. The standard InChI is InChI=1S/C20H26N4O.HI/c1-4-21-20(22-13-17-10-8-15(2)9-11-17)23-14-18-6-5-7-19(12-18)24-16(3)25;/h5-12H,4,13-14H2,1-3H3,(H,24,25)(H2,21,22,23);1H. The SMILES string of the molecule is CCNC(=NCc1cccc(NC(C)=O)c1)NCc1ccc(C)cc1.I. The monoisotopic (exact) mass is 466 g/mol. The molecule has 0 radical (unpaired) electrons. The summed E-state index contributed by atoms with van der Waals surface area (Å²) in [6.45, 7) is 7.68. The third kappa shape index (κ3) is 7.86. The van der Waals surface area contributed by atoms with Gasteiger partial charge in [0, 0.05) is 25.7 Å². The van der Waals surface area contributed by atoms with E-state index in [0.717, 1.165) is 30.3 Å². The van der Waals surface area contributed by atoms with E-state index in [4.69, 9.17) is 0 Å². The maximum Gasteiger partial charge on any atom is 0.221 e. The average molecular weight is 466 g/mol. The topological polar surface area (TPSA) is 65.5 Å². The van der Waals surface area contributed by atoms with Crippen LogP contribution in [0.3, 0.4) is 0 Å². The van der Waals surface area contributed by atoms with Gasteiger partial charge in [-0.3, -0.25) is 4.79 Å². The lowest BCUT2D eigenvalue weighted by atomic mass is 10.1. The molecule has 0 saturated heterocycles. The van der Waals surface area contributed by atoms with Gasteiger partial charge in [-0.05, 0) is 37.1 Å². The minimum atomic E-state index is -0.0752. The van der Waals surface area contributed by atoms with Crippen LogP contribution in [-0.2, 0) is 17.9 Å². The fraction of sp³-hybridized carbons (Fsp3) is 0.300. The summed E-state index contributed by atoms with van der Waals surface area (Å²) in [5, 5.41) is 9.38. The first-order valence-corrected chi connectivity index (χ1v) is 8.51. The number of nitrogens with zero attached hydrogens (tertiary/aromatic N) is 1. The number of guanidine groups is 1. The molecule has 0 fully saturated rings. The molecule has 0 aliphatic rings. The Morgan fingerprint density at radius 1 is 1.04 bits per heavy atom. The molecule has 26 heavy (non-hydrogen) atoms. The molecule has 0 spiro atoms. The Labute approximate surface area is 172 Å². The third-order valence-electron chi connectivity index (χ3n) is 3.59. The Balaban J connectivity index is 0.00000338. The van der Waals surface area contributed by atoms with E-state index in [0.29, 0.717) is 6.54 Å². The molecule has 0 bridgehead atoms. The van der Waals surface area contributed by atoms with Gasteiger partial charge in [0.2, 0.25) is 5.91 Å². The van der Waals surface area contributed by atoms with Crippen LogP contribution in [0.5, 0.6) is 0 Å². The zero-order chi connectivity index (χ0) is 18.1. The Kier molecular flexibility index (Phi) is 9.72. The summed E-state index contributed by atoms with van der Waals surface area (Å²) in [5.41, 5.74) is 4.30. The quantitative estimate of drug-likeness (QED) is 0.345. The van der Waals surface area contributed by atoms with Crippen LogP contribution in [0.25, 0.3) is 0 Å². The summed E-state index contributed by atoms with van der Waals surface area (Å²) in [5.74, 6) is 0.696. The van der Waals surface area contributed by atoms with Crippen LogP contribution in [0.1, 0.15) is 30.5 Å². The zero-order valence-electron chi connectivity index (χ0n) is 15.5. The normalized spacial score (nSPS) is 10.7. The molecule has 2 rings (SSSR count). The Morgan fingerprint density at radius 3 is 2.42 bits per heavy atom. The number of aliphatic imine (C=N–C) groups is 1. The highest BCUT2D eigenvalue weighted by molar-refractivity contribution is 14.0. The van der Waals surface area contributed by atoms with Crippen LogP contribution in [-0.4, -0.2) is 18.4 Å². The molecular formula is C20H27IN4O. The lowest BCUT2D eigenvalue weighted by molar-refractivity contribution is -0.114. The number of carbonyl (C=O) groups excluding carboxylic acids is 1. The fourth-order valence-electron chi connectivity index (χ4n) is 2.35. The highest BCUT2D eigenvalue weighted by Gasteiger charge is 2.01. The lowest BCUT2D eigenvalue weighted by Gasteiger charge is -2.12. The van der Waals surface area contributed by atoms with Gasteiger partial charge in [0.1, 0.15) is 0 Å². The van der Waals surface area contributed by atoms with E-state index in [-0.39, 0.29) is 29.9 Å². The van der Waals surface area contributed by atoms with Crippen LogP contribution in [0.15, 0.2) is 53.5 Å². The molecule has 0 aromatic heterocycles. The first-order valence-electron chi connectivity index (χ1n) is 8.51. The molecule has 6 heteroatoms. The predicted octanol–water partition coefficient (Wildman–Crippen LogP) is 3.83. The number of rotatable bonds is 6. The van der Waals surface area contributed by atoms with Crippen LogP contribution < -0.4 is 16.0 Å². The van der Waals surface area contributed by atoms with Crippen molar-refractivity contribution >= 4 is 41.5 Å². The number of hydrogen-bond donors (Lipinski definition) is 3. The molecule has 0 aliphatic carbocycles. The molecule has 0 aliphatic heterocycles. The summed E-state index contributed by atoms with van der Waals surface area (Å²) in [6.07, 6.45) is 0. The van der Waals surface area contributed by atoms with Crippen molar-refractivity contribution in [1.29, 1.82) is 0 Å². The van der Waals surface area contributed by atoms with Crippen LogP contribution in [0, 0.1) is 6.92 Å². The van der Waals surface area contributed by atoms with Crippen LogP contribution in [0.4, 0.5) is 5.69 Å². The van der Waals surface area contributed by atoms with Gasteiger partial charge in [0.25, 0.3) is 0 Å². The second kappa shape index (κ2) is 11.5. The average Bonchev–Trinajstić information content (AvgIpc) is 2.58. The van der Waals surface area contributed by atoms with Crippen LogP contribution in [0.2, 0.25) is 0 Å². The summed E-state index contributed by atoms with van der Waals surface area (Å²) in [4.78, 5) is 15.8. The lowest BCUT2D eigenvalue weighted by Crippen LogP contribution is -2.36. The number of hydrogen-bond acceptors (Lipinski definition) is 2. The van der Waals surface area contributed by atoms with E-state index in [1.165, 1.54) is 18.1 Å². The molecule has 0 atom stereocenters. The second-order valence-corrected chi connectivity index (χ2v) is 5.92. The van der Waals surface area contributed by atoms with Crippen molar-refractivity contribution in [1.82, 2.24) is 10.6 Å². The van der Waals surface area contributed by atoms with Crippen molar-refractivity contribution in [3.8, 4) is 0 Å². The van der Waals surface area contributed by atoms with Gasteiger partial charge in [-0.1, -0.05) is 42.0 Å². The van der Waals surface area contributed by atoms with Gasteiger partial charge < -0.3 is 16.0 Å². The summed E-state index contributed by atoms with van der Waals surface area (Å²) in [7, 11) is 0. The maximum absolute atomic E-state index is 11.2. The van der Waals surface area contributed by atoms with Gasteiger partial charge in [0.15, 0.2) is 5.96 Å². The highest BCUT2D eigenvalue weighted by Crippen LogP contribution is 2.11. The van der Waals surface area contributed by atoms with E-state index < -0.39 is 0 Å². The van der Waals surface area contributed by atoms with E-state index in [1.807, 2.05) is 31.2 Å². The first-order chi connectivity index (χ1) is 12.1. The molecular weight excluding hydrogens is 439 g/mol. The number of benzene rings is 2. The van der Waals surface area contributed by atoms with Gasteiger partial charge in [-0.2, -0.15) is 0 Å². The number of aryl methyl sites for hydroxylation is 1.